The highest BCUT2D eigenvalue weighted by molar-refractivity contribution is 5.69. The van der Waals surface area contributed by atoms with Crippen molar-refractivity contribution in [1.29, 1.82) is 0 Å². The van der Waals surface area contributed by atoms with Gasteiger partial charge in [0.05, 0.1) is 72.5 Å². The van der Waals surface area contributed by atoms with E-state index in [-0.39, 0.29) is 12.4 Å². The molecule has 1 aromatic rings. The predicted molar refractivity (Wildman–Crippen MR) is 110 cm³/mol. The molecule has 0 bridgehead atoms. The number of rotatable bonds is 17. The van der Waals surface area contributed by atoms with Crippen molar-refractivity contribution in [2.75, 3.05) is 59.5 Å². The largest absolute Gasteiger partial charge is 0.460 e. The molecule has 7 nitrogen and oxygen atoms in total. The Morgan fingerprint density at radius 1 is 0.690 bits per heavy atom. The van der Waals surface area contributed by atoms with E-state index in [0.717, 1.165) is 5.56 Å². The van der Waals surface area contributed by atoms with E-state index in [1.165, 1.54) is 0 Å². The highest BCUT2D eigenvalue weighted by atomic mass is 16.6. The van der Waals surface area contributed by atoms with Gasteiger partial charge in [-0.05, 0) is 26.3 Å². The summed E-state index contributed by atoms with van der Waals surface area (Å²) in [6, 6.07) is 10.0. The first kappa shape index (κ1) is 25.5. The van der Waals surface area contributed by atoms with E-state index in [1.807, 2.05) is 51.1 Å². The minimum atomic E-state index is -0.457. The average molecular weight is 413 g/mol. The maximum Gasteiger partial charge on any atom is 0.308 e. The predicted octanol–water partition coefficient (Wildman–Crippen LogP) is 3.00. The van der Waals surface area contributed by atoms with E-state index in [2.05, 4.69) is 0 Å². The van der Waals surface area contributed by atoms with E-state index < -0.39 is 5.60 Å². The minimum Gasteiger partial charge on any atom is -0.460 e. The molecule has 1 aromatic carbocycles. The van der Waals surface area contributed by atoms with Crippen LogP contribution >= 0.6 is 0 Å². The van der Waals surface area contributed by atoms with Gasteiger partial charge in [-0.2, -0.15) is 0 Å². The Morgan fingerprint density at radius 2 is 1.14 bits per heavy atom. The molecule has 7 heteroatoms. The monoisotopic (exact) mass is 412 g/mol. The first-order valence-corrected chi connectivity index (χ1v) is 10.1. The van der Waals surface area contributed by atoms with Gasteiger partial charge in [0.25, 0.3) is 0 Å². The van der Waals surface area contributed by atoms with E-state index in [4.69, 9.17) is 28.4 Å². The molecule has 1 rings (SSSR count). The summed E-state index contributed by atoms with van der Waals surface area (Å²) in [6.07, 6.45) is 0.248. The van der Waals surface area contributed by atoms with E-state index >= 15 is 0 Å². The Bertz CT molecular complexity index is 514. The van der Waals surface area contributed by atoms with Crippen molar-refractivity contribution in [3.63, 3.8) is 0 Å². The maximum absolute atomic E-state index is 11.5. The molecule has 0 aromatic heterocycles. The Hall–Kier alpha value is -1.51. The molecule has 0 amide bonds. The lowest BCUT2D eigenvalue weighted by atomic mass is 10.2. The van der Waals surface area contributed by atoms with Crippen LogP contribution < -0.4 is 0 Å². The molecule has 0 unspecified atom stereocenters. The fourth-order valence-electron chi connectivity index (χ4n) is 2.19. The summed E-state index contributed by atoms with van der Waals surface area (Å²) in [5.41, 5.74) is 0.700. The normalized spacial score (nSPS) is 11.6. The number of benzene rings is 1. The zero-order chi connectivity index (χ0) is 21.2. The molecule has 166 valence electrons. The first-order chi connectivity index (χ1) is 14.0. The summed E-state index contributed by atoms with van der Waals surface area (Å²) in [5, 5.41) is 0. The van der Waals surface area contributed by atoms with Crippen molar-refractivity contribution in [3.05, 3.63) is 35.9 Å². The van der Waals surface area contributed by atoms with Crippen LogP contribution in [0.4, 0.5) is 0 Å². The second kappa shape index (κ2) is 16.3. The Labute approximate surface area is 174 Å². The van der Waals surface area contributed by atoms with Crippen molar-refractivity contribution >= 4 is 5.97 Å². The Balaban J connectivity index is 1.74. The number of carbonyl (C=O) groups excluding carboxylic acids is 1. The third-order valence-corrected chi connectivity index (χ3v) is 3.47. The van der Waals surface area contributed by atoms with Crippen LogP contribution in [-0.4, -0.2) is 71.0 Å². The number of carbonyl (C=O) groups is 1. The van der Waals surface area contributed by atoms with Gasteiger partial charge in [-0.1, -0.05) is 30.3 Å². The highest BCUT2D eigenvalue weighted by Gasteiger charge is 2.15. The second-order valence-electron chi connectivity index (χ2n) is 7.32. The zero-order valence-electron chi connectivity index (χ0n) is 18.0. The van der Waals surface area contributed by atoms with Crippen molar-refractivity contribution in [3.8, 4) is 0 Å². The van der Waals surface area contributed by atoms with Crippen LogP contribution in [0.1, 0.15) is 32.8 Å². The highest BCUT2D eigenvalue weighted by Crippen LogP contribution is 2.08. The van der Waals surface area contributed by atoms with Crippen LogP contribution in [0.25, 0.3) is 0 Å². The van der Waals surface area contributed by atoms with Crippen LogP contribution in [0.3, 0.4) is 0 Å². The van der Waals surface area contributed by atoms with Gasteiger partial charge < -0.3 is 28.4 Å². The van der Waals surface area contributed by atoms with Gasteiger partial charge in [0.15, 0.2) is 0 Å². The molecule has 0 aliphatic heterocycles. The SMILES string of the molecule is CC(C)(C)OC(=O)CCOCCOCCOCCOCCOCc1ccccc1. The van der Waals surface area contributed by atoms with Crippen LogP contribution in [0.5, 0.6) is 0 Å². The van der Waals surface area contributed by atoms with Crippen molar-refractivity contribution in [2.24, 2.45) is 0 Å². The zero-order valence-corrected chi connectivity index (χ0v) is 18.0. The molecule has 0 aliphatic carbocycles. The van der Waals surface area contributed by atoms with Crippen molar-refractivity contribution in [2.45, 2.75) is 39.4 Å². The Morgan fingerprint density at radius 3 is 1.62 bits per heavy atom. The summed E-state index contributed by atoms with van der Waals surface area (Å²) in [7, 11) is 0. The lowest BCUT2D eigenvalue weighted by molar-refractivity contribution is -0.156. The quantitative estimate of drug-likeness (QED) is 0.288. The molecular formula is C22H36O7. The molecule has 0 spiro atoms. The number of ether oxygens (including phenoxy) is 6. The third kappa shape index (κ3) is 17.1. The van der Waals surface area contributed by atoms with Crippen LogP contribution in [-0.2, 0) is 39.8 Å². The van der Waals surface area contributed by atoms with Gasteiger partial charge in [-0.3, -0.25) is 4.79 Å². The van der Waals surface area contributed by atoms with Crippen LogP contribution in [0.2, 0.25) is 0 Å². The lowest BCUT2D eigenvalue weighted by Crippen LogP contribution is -2.24. The fourth-order valence-corrected chi connectivity index (χ4v) is 2.19. The van der Waals surface area contributed by atoms with Crippen LogP contribution in [0.15, 0.2) is 30.3 Å². The maximum atomic E-state index is 11.5. The second-order valence-corrected chi connectivity index (χ2v) is 7.32. The van der Waals surface area contributed by atoms with Gasteiger partial charge >= 0.3 is 5.97 Å². The molecule has 0 saturated carbocycles. The van der Waals surface area contributed by atoms with E-state index in [1.54, 1.807) is 0 Å². The molecule has 0 atom stereocenters. The third-order valence-electron chi connectivity index (χ3n) is 3.47. The van der Waals surface area contributed by atoms with Gasteiger partial charge in [-0.15, -0.1) is 0 Å². The molecule has 0 fully saturated rings. The molecular weight excluding hydrogens is 376 g/mol. The fraction of sp³-hybridized carbons (Fsp3) is 0.682. The minimum absolute atomic E-state index is 0.248. The molecule has 29 heavy (non-hydrogen) atoms. The lowest BCUT2D eigenvalue weighted by Gasteiger charge is -2.19. The van der Waals surface area contributed by atoms with E-state index in [9.17, 15) is 4.79 Å². The topological polar surface area (TPSA) is 72.5 Å². The summed E-state index contributed by atoms with van der Waals surface area (Å²) >= 11 is 0. The van der Waals surface area contributed by atoms with Crippen molar-refractivity contribution in [1.82, 2.24) is 0 Å². The van der Waals surface area contributed by atoms with Crippen LogP contribution in [0, 0.1) is 0 Å². The summed E-state index contributed by atoms with van der Waals surface area (Å²) in [6.45, 7) is 10.5. The molecule has 0 radical (unpaired) electrons. The van der Waals surface area contributed by atoms with Gasteiger partial charge in [0.1, 0.15) is 5.60 Å². The first-order valence-electron chi connectivity index (χ1n) is 10.1. The average Bonchev–Trinajstić information content (AvgIpc) is 2.67. The molecule has 0 N–H and O–H groups in total. The van der Waals surface area contributed by atoms with Gasteiger partial charge in [0.2, 0.25) is 0 Å². The van der Waals surface area contributed by atoms with Gasteiger partial charge in [0, 0.05) is 0 Å². The molecule has 0 heterocycles. The molecule has 0 aliphatic rings. The summed E-state index contributed by atoms with van der Waals surface area (Å²) in [4.78, 5) is 11.5. The molecule has 0 saturated heterocycles. The summed E-state index contributed by atoms with van der Waals surface area (Å²) < 4.78 is 32.3. The number of hydrogen-bond donors (Lipinski definition) is 0. The standard InChI is InChI=1S/C22H36O7/c1-22(2,3)29-21(23)9-10-24-11-12-25-13-14-26-15-16-27-17-18-28-19-20-7-5-4-6-8-20/h4-8H,9-19H2,1-3H3. The Kier molecular flexibility index (Phi) is 14.4. The van der Waals surface area contributed by atoms with E-state index in [0.29, 0.717) is 66.1 Å². The summed E-state index contributed by atoms with van der Waals surface area (Å²) in [5.74, 6) is -0.253. The number of hydrogen-bond acceptors (Lipinski definition) is 7. The van der Waals surface area contributed by atoms with Gasteiger partial charge in [-0.25, -0.2) is 0 Å². The number of esters is 1. The smallest absolute Gasteiger partial charge is 0.308 e. The van der Waals surface area contributed by atoms with Crippen molar-refractivity contribution < 1.29 is 33.2 Å².